The van der Waals surface area contributed by atoms with Gasteiger partial charge in [-0.3, -0.25) is 0 Å². The Labute approximate surface area is 214 Å². The highest BCUT2D eigenvalue weighted by Gasteiger charge is 2.44. The minimum atomic E-state index is -2.73. The predicted octanol–water partition coefficient (Wildman–Crippen LogP) is 8.98. The maximum absolute atomic E-state index is 6.16. The Morgan fingerprint density at radius 1 is 0.688 bits per heavy atom. The molecule has 0 radical (unpaired) electrons. The first-order valence-electron chi connectivity index (χ1n) is 12.0. The van der Waals surface area contributed by atoms with Crippen LogP contribution >= 0.6 is 33.2 Å². The van der Waals surface area contributed by atoms with Crippen LogP contribution in [0.4, 0.5) is 0 Å². The molecule has 0 amide bonds. The van der Waals surface area contributed by atoms with Gasteiger partial charge in [0, 0.05) is 24.4 Å². The molecule has 0 heterocycles. The fourth-order valence-corrected chi connectivity index (χ4v) is 8.40. The lowest BCUT2D eigenvalue weighted by atomic mass is 10.1. The molecule has 1 rings (SSSR count). The summed E-state index contributed by atoms with van der Waals surface area (Å²) in [6, 6.07) is 9.51. The van der Waals surface area contributed by atoms with Gasteiger partial charge in [-0.1, -0.05) is 75.8 Å². The molecule has 0 fully saturated rings. The minimum absolute atomic E-state index is 0.0860. The zero-order chi connectivity index (χ0) is 24.6. The van der Waals surface area contributed by atoms with E-state index in [0.717, 1.165) is 12.5 Å². The Morgan fingerprint density at radius 3 is 1.53 bits per heavy atom. The third-order valence-electron chi connectivity index (χ3n) is 4.32. The van der Waals surface area contributed by atoms with Crippen LogP contribution in [0.2, 0.25) is 6.04 Å². The quantitative estimate of drug-likeness (QED) is 0.125. The summed E-state index contributed by atoms with van der Waals surface area (Å²) in [4.78, 5) is 0. The fourth-order valence-electron chi connectivity index (χ4n) is 3.24. The molecule has 0 aliphatic carbocycles. The van der Waals surface area contributed by atoms with Crippen LogP contribution < -0.4 is 0 Å². The van der Waals surface area contributed by atoms with Crippen molar-refractivity contribution < 1.29 is 13.3 Å². The summed E-state index contributed by atoms with van der Waals surface area (Å²) in [5.74, 6) is 0. The minimum Gasteiger partial charge on any atom is -0.371 e. The fraction of sp³-hybridized carbons (Fsp3) is 0.750. The number of hydrogen-bond donors (Lipinski definition) is 0. The average molecular weight is 544 g/mol. The molecular weight excluding hydrogens is 499 g/mol. The SMILES string of the molecule is CC(C)O[Si](Cc1ccccc1)(OC(C)C)OC(C)C.CCCCCCCC[Si](Cl)(Cl)Cl. The second-order valence-corrected chi connectivity index (χ2v) is 20.7. The van der Waals surface area contributed by atoms with E-state index in [1.54, 1.807) is 0 Å². The second kappa shape index (κ2) is 17.8. The smallest absolute Gasteiger partial charge is 0.371 e. The zero-order valence-corrected chi connectivity index (χ0v) is 25.4. The van der Waals surface area contributed by atoms with Crippen molar-refractivity contribution in [1.82, 2.24) is 0 Å². The van der Waals surface area contributed by atoms with Crippen LogP contribution in [-0.4, -0.2) is 33.1 Å². The van der Waals surface area contributed by atoms with Crippen LogP contribution in [0.25, 0.3) is 0 Å². The van der Waals surface area contributed by atoms with Gasteiger partial charge in [-0.15, -0.1) is 33.2 Å². The molecular formula is C24H45Cl3O3Si2. The lowest BCUT2D eigenvalue weighted by Crippen LogP contribution is -2.53. The van der Waals surface area contributed by atoms with E-state index in [1.807, 2.05) is 59.7 Å². The van der Waals surface area contributed by atoms with E-state index in [4.69, 9.17) is 46.5 Å². The molecule has 0 aliphatic heterocycles. The molecule has 8 heteroatoms. The monoisotopic (exact) mass is 542 g/mol. The Balaban J connectivity index is 0.000000687. The van der Waals surface area contributed by atoms with E-state index >= 15 is 0 Å². The number of unbranched alkanes of at least 4 members (excludes halogenated alkanes) is 5. The van der Waals surface area contributed by atoms with Gasteiger partial charge in [-0.2, -0.15) is 0 Å². The summed E-state index contributed by atoms with van der Waals surface area (Å²) in [5, 5.41) is 0. The molecule has 1 aromatic rings. The van der Waals surface area contributed by atoms with Gasteiger partial charge in [0.1, 0.15) is 0 Å². The highest BCUT2D eigenvalue weighted by Crippen LogP contribution is 2.27. The van der Waals surface area contributed by atoms with E-state index in [2.05, 4.69) is 19.1 Å². The average Bonchev–Trinajstić information content (AvgIpc) is 2.63. The Bertz CT molecular complexity index is 541. The molecule has 0 atom stereocenters. The first kappa shape index (κ1) is 32.4. The van der Waals surface area contributed by atoms with Crippen molar-refractivity contribution in [2.24, 2.45) is 0 Å². The topological polar surface area (TPSA) is 27.7 Å². The summed E-state index contributed by atoms with van der Waals surface area (Å²) in [6.45, 7) is 14.4. The second-order valence-electron chi connectivity index (χ2n) is 8.98. The number of hydrogen-bond acceptors (Lipinski definition) is 3. The van der Waals surface area contributed by atoms with Gasteiger partial charge >= 0.3 is 14.8 Å². The molecule has 0 aliphatic rings. The molecule has 0 N–H and O–H groups in total. The maximum Gasteiger partial charge on any atom is 0.506 e. The van der Waals surface area contributed by atoms with Gasteiger partial charge in [-0.05, 0) is 53.1 Å². The molecule has 0 saturated carbocycles. The summed E-state index contributed by atoms with van der Waals surface area (Å²) >= 11 is 17.2. The van der Waals surface area contributed by atoms with Crippen molar-refractivity contribution in [3.05, 3.63) is 35.9 Å². The van der Waals surface area contributed by atoms with Crippen LogP contribution in [0.5, 0.6) is 0 Å². The summed E-state index contributed by atoms with van der Waals surface area (Å²) in [5.41, 5.74) is 1.20. The summed E-state index contributed by atoms with van der Waals surface area (Å²) in [6.07, 6.45) is 7.83. The van der Waals surface area contributed by atoms with Crippen molar-refractivity contribution in [3.63, 3.8) is 0 Å². The van der Waals surface area contributed by atoms with E-state index in [1.165, 1.54) is 37.7 Å². The van der Waals surface area contributed by atoms with Gasteiger partial charge in [0.2, 0.25) is 0 Å². The summed E-state index contributed by atoms with van der Waals surface area (Å²) < 4.78 is 18.5. The molecule has 3 nitrogen and oxygen atoms in total. The van der Waals surface area contributed by atoms with Crippen LogP contribution in [0.1, 0.15) is 92.6 Å². The van der Waals surface area contributed by atoms with Crippen molar-refractivity contribution in [2.45, 2.75) is 117 Å². The van der Waals surface area contributed by atoms with E-state index in [0.29, 0.717) is 6.04 Å². The van der Waals surface area contributed by atoms with E-state index in [-0.39, 0.29) is 18.3 Å². The first-order valence-corrected chi connectivity index (χ1v) is 19.2. The number of benzene rings is 1. The number of rotatable bonds is 15. The van der Waals surface area contributed by atoms with Gasteiger partial charge in [0.05, 0.1) is 0 Å². The highest BCUT2D eigenvalue weighted by molar-refractivity contribution is 7.64. The molecule has 188 valence electrons. The normalized spacial score (nSPS) is 12.4. The van der Waals surface area contributed by atoms with Gasteiger partial charge in [0.25, 0.3) is 0 Å². The van der Waals surface area contributed by atoms with Gasteiger partial charge in [-0.25, -0.2) is 0 Å². The van der Waals surface area contributed by atoms with E-state index < -0.39 is 14.8 Å². The molecule has 0 unspecified atom stereocenters. The Morgan fingerprint density at radius 2 is 1.12 bits per heavy atom. The van der Waals surface area contributed by atoms with Gasteiger partial charge < -0.3 is 13.3 Å². The lowest BCUT2D eigenvalue weighted by molar-refractivity contribution is 0.00236. The predicted molar refractivity (Wildman–Crippen MR) is 146 cm³/mol. The molecule has 0 spiro atoms. The zero-order valence-electron chi connectivity index (χ0n) is 21.1. The molecule has 0 saturated heterocycles. The van der Waals surface area contributed by atoms with E-state index in [9.17, 15) is 0 Å². The Kier molecular flexibility index (Phi) is 18.0. The molecule has 0 aromatic heterocycles. The van der Waals surface area contributed by atoms with Crippen LogP contribution in [0.3, 0.4) is 0 Å². The standard InChI is InChI=1S/C16H28O3Si.C8H17Cl3Si/c1-13(2)17-20(18-14(3)4,19-15(5)6)12-16-10-8-7-9-11-16;1-2-3-4-5-6-7-8-12(9,10)11/h7-11,13-15H,12H2,1-6H3;2-8H2,1H3. The lowest BCUT2D eigenvalue weighted by Gasteiger charge is -2.34. The van der Waals surface area contributed by atoms with Crippen LogP contribution in [0.15, 0.2) is 30.3 Å². The van der Waals surface area contributed by atoms with Crippen molar-refractivity contribution in [3.8, 4) is 0 Å². The largest absolute Gasteiger partial charge is 0.506 e. The highest BCUT2D eigenvalue weighted by atomic mass is 35.8. The van der Waals surface area contributed by atoms with Crippen LogP contribution in [0, 0.1) is 0 Å². The number of halogens is 3. The Hall–Kier alpha value is 0.404. The first-order chi connectivity index (χ1) is 14.9. The van der Waals surface area contributed by atoms with Crippen LogP contribution in [-0.2, 0) is 19.3 Å². The molecule has 1 aromatic carbocycles. The molecule has 32 heavy (non-hydrogen) atoms. The molecule has 0 bridgehead atoms. The summed E-state index contributed by atoms with van der Waals surface area (Å²) in [7, 11) is -2.73. The van der Waals surface area contributed by atoms with Crippen molar-refractivity contribution in [1.29, 1.82) is 0 Å². The third kappa shape index (κ3) is 18.8. The maximum atomic E-state index is 6.16. The van der Waals surface area contributed by atoms with Gasteiger partial charge in [0.15, 0.2) is 0 Å². The third-order valence-corrected chi connectivity index (χ3v) is 10.3. The van der Waals surface area contributed by atoms with Crippen molar-refractivity contribution in [2.75, 3.05) is 0 Å². The van der Waals surface area contributed by atoms with Crippen molar-refractivity contribution >= 4 is 48.0 Å².